The van der Waals surface area contributed by atoms with Gasteiger partial charge in [0, 0.05) is 25.0 Å². The summed E-state index contributed by atoms with van der Waals surface area (Å²) in [6.07, 6.45) is 2.57. The minimum atomic E-state index is -0.347. The molecule has 2 aromatic rings. The molecule has 4 heteroatoms. The number of anilines is 1. The summed E-state index contributed by atoms with van der Waals surface area (Å²) in [5, 5.41) is 12.1. The number of carbonyl (C=O) groups excluding carboxylic acids is 1. The molecule has 1 aliphatic rings. The summed E-state index contributed by atoms with van der Waals surface area (Å²) in [4.78, 5) is 14.2. The first kappa shape index (κ1) is 14.9. The number of rotatable bonds is 4. The number of nitriles is 1. The van der Waals surface area contributed by atoms with Crippen molar-refractivity contribution in [2.75, 3.05) is 11.4 Å². The topological polar surface area (TPSA) is 56.1 Å². The van der Waals surface area contributed by atoms with E-state index in [-0.39, 0.29) is 11.5 Å². The fourth-order valence-corrected chi connectivity index (χ4v) is 2.67. The van der Waals surface area contributed by atoms with Gasteiger partial charge in [0.05, 0.1) is 0 Å². The Bertz CT molecular complexity index is 775. The molecule has 4 nitrogen and oxygen atoms in total. The second-order valence-electron chi connectivity index (χ2n) is 5.39. The van der Waals surface area contributed by atoms with Crippen LogP contribution in [0.15, 0.2) is 66.4 Å². The van der Waals surface area contributed by atoms with Crippen LogP contribution in [0.5, 0.6) is 0 Å². The van der Waals surface area contributed by atoms with Gasteiger partial charge in [0.2, 0.25) is 0 Å². The zero-order chi connectivity index (χ0) is 16.1. The lowest BCUT2D eigenvalue weighted by Gasteiger charge is -2.14. The van der Waals surface area contributed by atoms with Gasteiger partial charge in [0.1, 0.15) is 11.6 Å². The molecule has 0 aliphatic carbocycles. The highest BCUT2D eigenvalue weighted by molar-refractivity contribution is 5.97. The monoisotopic (exact) mass is 303 g/mol. The van der Waals surface area contributed by atoms with Crippen molar-refractivity contribution < 1.29 is 4.79 Å². The summed E-state index contributed by atoms with van der Waals surface area (Å²) in [6.45, 7) is 1.20. The molecule has 0 atom stereocenters. The largest absolute Gasteiger partial charge is 0.347 e. The van der Waals surface area contributed by atoms with Gasteiger partial charge in [-0.25, -0.2) is 0 Å². The lowest BCUT2D eigenvalue weighted by Crippen LogP contribution is -2.26. The Hall–Kier alpha value is -3.06. The maximum Gasteiger partial charge on any atom is 0.263 e. The van der Waals surface area contributed by atoms with E-state index in [2.05, 4.69) is 11.4 Å². The minimum absolute atomic E-state index is 0.123. The van der Waals surface area contributed by atoms with E-state index in [9.17, 15) is 10.1 Å². The third-order valence-corrected chi connectivity index (χ3v) is 3.87. The zero-order valence-corrected chi connectivity index (χ0v) is 12.7. The van der Waals surface area contributed by atoms with Gasteiger partial charge in [0.15, 0.2) is 0 Å². The van der Waals surface area contributed by atoms with E-state index in [4.69, 9.17) is 0 Å². The molecule has 114 valence electrons. The predicted octanol–water partition coefficient (Wildman–Crippen LogP) is 2.77. The van der Waals surface area contributed by atoms with Crippen LogP contribution in [0.2, 0.25) is 0 Å². The molecule has 0 spiro atoms. The molecule has 0 aromatic heterocycles. The van der Waals surface area contributed by atoms with E-state index in [0.717, 1.165) is 24.2 Å². The first-order valence-corrected chi connectivity index (χ1v) is 7.56. The Kier molecular flexibility index (Phi) is 4.39. The lowest BCUT2D eigenvalue weighted by atomic mass is 10.2. The van der Waals surface area contributed by atoms with Gasteiger partial charge in [-0.3, -0.25) is 4.79 Å². The summed E-state index contributed by atoms with van der Waals surface area (Å²) in [6, 6.07) is 19.7. The summed E-state index contributed by atoms with van der Waals surface area (Å²) in [7, 11) is 0. The number of hydrogen-bond acceptors (Lipinski definition) is 3. The fourth-order valence-electron chi connectivity index (χ4n) is 2.67. The Labute approximate surface area is 135 Å². The highest BCUT2D eigenvalue weighted by Gasteiger charge is 2.19. The van der Waals surface area contributed by atoms with Crippen molar-refractivity contribution in [2.45, 2.75) is 13.0 Å². The molecule has 2 aromatic carbocycles. The van der Waals surface area contributed by atoms with Crippen LogP contribution in [0.3, 0.4) is 0 Å². The van der Waals surface area contributed by atoms with Crippen molar-refractivity contribution in [1.29, 1.82) is 5.26 Å². The smallest absolute Gasteiger partial charge is 0.263 e. The molecular weight excluding hydrogens is 286 g/mol. The van der Waals surface area contributed by atoms with Crippen molar-refractivity contribution in [2.24, 2.45) is 0 Å². The number of nitrogens with zero attached hydrogens (tertiary/aromatic N) is 2. The highest BCUT2D eigenvalue weighted by atomic mass is 16.1. The average Bonchev–Trinajstić information content (AvgIpc) is 3.01. The standard InChI is InChI=1S/C19H17N3O/c20-12-17(19(23)21-13-15-6-2-1-3-7-15)14-22-11-10-16-8-4-5-9-18(16)22/h1-9,14H,10-11,13H2,(H,21,23)/b17-14-. The molecule has 1 aliphatic heterocycles. The maximum absolute atomic E-state index is 12.2. The molecule has 0 saturated carbocycles. The summed E-state index contributed by atoms with van der Waals surface area (Å²) in [5.41, 5.74) is 3.43. The molecule has 1 N–H and O–H groups in total. The second kappa shape index (κ2) is 6.80. The van der Waals surface area contributed by atoms with Gasteiger partial charge in [-0.2, -0.15) is 5.26 Å². The molecule has 0 radical (unpaired) electrons. The van der Waals surface area contributed by atoms with Crippen molar-refractivity contribution in [3.63, 3.8) is 0 Å². The SMILES string of the molecule is N#C/C(=C/N1CCc2ccccc21)C(=O)NCc1ccccc1. The van der Waals surface area contributed by atoms with Crippen molar-refractivity contribution in [3.05, 3.63) is 77.5 Å². The second-order valence-corrected chi connectivity index (χ2v) is 5.39. The third kappa shape index (κ3) is 3.41. The summed E-state index contributed by atoms with van der Waals surface area (Å²) >= 11 is 0. The lowest BCUT2D eigenvalue weighted by molar-refractivity contribution is -0.117. The van der Waals surface area contributed by atoms with Gasteiger partial charge < -0.3 is 10.2 Å². The van der Waals surface area contributed by atoms with Crippen molar-refractivity contribution in [1.82, 2.24) is 5.32 Å². The molecule has 3 rings (SSSR count). The molecule has 23 heavy (non-hydrogen) atoms. The molecular formula is C19H17N3O. The number of fused-ring (bicyclic) bond motifs is 1. The van der Waals surface area contributed by atoms with Crippen molar-refractivity contribution in [3.8, 4) is 6.07 Å². The van der Waals surface area contributed by atoms with Gasteiger partial charge in [-0.1, -0.05) is 48.5 Å². The van der Waals surface area contributed by atoms with E-state index < -0.39 is 0 Å². The van der Waals surface area contributed by atoms with Crippen LogP contribution < -0.4 is 10.2 Å². The van der Waals surface area contributed by atoms with Gasteiger partial charge in [-0.15, -0.1) is 0 Å². The first-order valence-electron chi connectivity index (χ1n) is 7.56. The number of amides is 1. The van der Waals surface area contributed by atoms with Crippen LogP contribution in [0.1, 0.15) is 11.1 Å². The molecule has 1 heterocycles. The Morgan fingerprint density at radius 3 is 2.70 bits per heavy atom. The third-order valence-electron chi connectivity index (χ3n) is 3.87. The Morgan fingerprint density at radius 1 is 1.17 bits per heavy atom. The Balaban J connectivity index is 1.70. The number of nitrogens with one attached hydrogen (secondary N) is 1. The van der Waals surface area contributed by atoms with Gasteiger partial charge in [0.25, 0.3) is 5.91 Å². The van der Waals surface area contributed by atoms with E-state index in [0.29, 0.717) is 6.54 Å². The van der Waals surface area contributed by atoms with Crippen LogP contribution in [0.4, 0.5) is 5.69 Å². The number of carbonyl (C=O) groups is 1. The quantitative estimate of drug-likeness (QED) is 0.698. The number of hydrogen-bond donors (Lipinski definition) is 1. The summed E-state index contributed by atoms with van der Waals surface area (Å²) < 4.78 is 0. The fraction of sp³-hybridized carbons (Fsp3) is 0.158. The van der Waals surface area contributed by atoms with Crippen LogP contribution >= 0.6 is 0 Å². The molecule has 1 amide bonds. The van der Waals surface area contributed by atoms with E-state index in [1.165, 1.54) is 5.56 Å². The molecule has 0 bridgehead atoms. The zero-order valence-electron chi connectivity index (χ0n) is 12.7. The maximum atomic E-state index is 12.2. The predicted molar refractivity (Wildman–Crippen MR) is 89.5 cm³/mol. The Morgan fingerprint density at radius 2 is 1.91 bits per heavy atom. The van der Waals surface area contributed by atoms with Gasteiger partial charge >= 0.3 is 0 Å². The molecule has 0 fully saturated rings. The number of para-hydroxylation sites is 1. The van der Waals surface area contributed by atoms with Crippen LogP contribution in [0.25, 0.3) is 0 Å². The number of benzene rings is 2. The van der Waals surface area contributed by atoms with Gasteiger partial charge in [-0.05, 0) is 23.6 Å². The minimum Gasteiger partial charge on any atom is -0.347 e. The normalized spacial score (nSPS) is 13.3. The molecule has 0 saturated heterocycles. The first-order chi connectivity index (χ1) is 11.3. The van der Waals surface area contributed by atoms with Crippen molar-refractivity contribution >= 4 is 11.6 Å². The van der Waals surface area contributed by atoms with E-state index >= 15 is 0 Å². The van der Waals surface area contributed by atoms with Crippen LogP contribution in [-0.4, -0.2) is 12.5 Å². The molecule has 0 unspecified atom stereocenters. The summed E-state index contributed by atoms with van der Waals surface area (Å²) in [5.74, 6) is -0.347. The van der Waals surface area contributed by atoms with E-state index in [1.54, 1.807) is 6.20 Å². The van der Waals surface area contributed by atoms with Crippen LogP contribution in [-0.2, 0) is 17.8 Å². The van der Waals surface area contributed by atoms with Crippen LogP contribution in [0, 0.1) is 11.3 Å². The highest BCUT2D eigenvalue weighted by Crippen LogP contribution is 2.28. The van der Waals surface area contributed by atoms with E-state index in [1.807, 2.05) is 59.5 Å². The average molecular weight is 303 g/mol.